The highest BCUT2D eigenvalue weighted by molar-refractivity contribution is 7.71. The quantitative estimate of drug-likeness (QED) is 0.761. The third-order valence-electron chi connectivity index (χ3n) is 6.63. The Balaban J connectivity index is 1.27. The molecule has 2 aromatic rings. The first-order valence-corrected chi connectivity index (χ1v) is 10.8. The number of H-pyrrole nitrogens is 1. The first-order valence-electron chi connectivity index (χ1n) is 9.56. The zero-order valence-electron chi connectivity index (χ0n) is 14.7. The van der Waals surface area contributed by atoms with Crippen LogP contribution in [0.3, 0.4) is 0 Å². The maximum absolute atomic E-state index is 12.7. The van der Waals surface area contributed by atoms with Gasteiger partial charge in [0.1, 0.15) is 6.54 Å². The number of hydrogen-bond donors (Lipinski definition) is 2. The normalized spacial score (nSPS) is 32.1. The van der Waals surface area contributed by atoms with Crippen molar-refractivity contribution in [3.63, 3.8) is 0 Å². The van der Waals surface area contributed by atoms with Gasteiger partial charge in [0.2, 0.25) is 5.91 Å². The number of hydrogen-bond acceptors (Lipinski definition) is 4. The molecule has 4 aliphatic carbocycles. The highest BCUT2D eigenvalue weighted by atomic mass is 32.1. The molecule has 138 valence electrons. The van der Waals surface area contributed by atoms with Crippen LogP contribution in [-0.4, -0.2) is 27.2 Å². The number of thiophene rings is 1. The highest BCUT2D eigenvalue weighted by Gasteiger charge is 2.50. The molecule has 0 saturated heterocycles. The van der Waals surface area contributed by atoms with Crippen LogP contribution < -0.4 is 5.32 Å². The zero-order valence-corrected chi connectivity index (χ0v) is 16.4. The van der Waals surface area contributed by atoms with E-state index < -0.39 is 0 Å². The summed E-state index contributed by atoms with van der Waals surface area (Å²) in [6.45, 7) is 1.06. The maximum Gasteiger partial charge on any atom is 0.240 e. The summed E-state index contributed by atoms with van der Waals surface area (Å²) in [6.07, 6.45) is 8.23. The Hall–Kier alpha value is -1.47. The minimum atomic E-state index is 0.0380. The van der Waals surface area contributed by atoms with E-state index in [4.69, 9.17) is 12.2 Å². The van der Waals surface area contributed by atoms with E-state index in [1.54, 1.807) is 15.9 Å². The number of carbonyl (C=O) groups is 1. The van der Waals surface area contributed by atoms with Crippen molar-refractivity contribution in [1.29, 1.82) is 0 Å². The molecule has 0 unspecified atom stereocenters. The largest absolute Gasteiger partial charge is 0.354 e. The summed E-state index contributed by atoms with van der Waals surface area (Å²) in [4.78, 5) is 13.7. The maximum atomic E-state index is 12.7. The summed E-state index contributed by atoms with van der Waals surface area (Å²) in [5.74, 6) is 3.51. The number of amides is 1. The summed E-state index contributed by atoms with van der Waals surface area (Å²) in [6, 6.07) is 3.98. The second-order valence-corrected chi connectivity index (χ2v) is 9.94. The topological polar surface area (TPSA) is 62.7 Å². The van der Waals surface area contributed by atoms with Gasteiger partial charge in [-0.1, -0.05) is 6.07 Å². The van der Waals surface area contributed by atoms with Crippen molar-refractivity contribution in [2.24, 2.45) is 23.2 Å². The summed E-state index contributed by atoms with van der Waals surface area (Å²) >= 11 is 6.94. The van der Waals surface area contributed by atoms with E-state index in [1.807, 2.05) is 17.5 Å². The molecule has 4 saturated carbocycles. The van der Waals surface area contributed by atoms with Gasteiger partial charge < -0.3 is 5.32 Å². The van der Waals surface area contributed by atoms with E-state index in [-0.39, 0.29) is 12.5 Å². The number of rotatable bonds is 5. The first-order chi connectivity index (χ1) is 12.6. The van der Waals surface area contributed by atoms with Crippen molar-refractivity contribution in [2.75, 3.05) is 6.54 Å². The van der Waals surface area contributed by atoms with Crippen LogP contribution in [0.15, 0.2) is 17.5 Å². The predicted molar refractivity (Wildman–Crippen MR) is 104 cm³/mol. The van der Waals surface area contributed by atoms with Gasteiger partial charge in [0.15, 0.2) is 10.6 Å². The van der Waals surface area contributed by atoms with Gasteiger partial charge in [-0.05, 0) is 85.4 Å². The van der Waals surface area contributed by atoms with Crippen molar-refractivity contribution in [3.05, 3.63) is 22.3 Å². The lowest BCUT2D eigenvalue weighted by Gasteiger charge is -2.56. The van der Waals surface area contributed by atoms with E-state index >= 15 is 0 Å². The number of carbonyl (C=O) groups excluding carboxylic acids is 1. The van der Waals surface area contributed by atoms with Crippen molar-refractivity contribution >= 4 is 29.5 Å². The van der Waals surface area contributed by atoms with E-state index in [9.17, 15) is 4.79 Å². The molecule has 26 heavy (non-hydrogen) atoms. The zero-order chi connectivity index (χ0) is 17.7. The Bertz CT molecular complexity index is 831. The first kappa shape index (κ1) is 16.7. The molecule has 1 amide bonds. The second-order valence-electron chi connectivity index (χ2n) is 8.61. The second kappa shape index (κ2) is 6.30. The van der Waals surface area contributed by atoms with Gasteiger partial charge in [-0.2, -0.15) is 5.10 Å². The van der Waals surface area contributed by atoms with Crippen LogP contribution in [0.25, 0.3) is 10.7 Å². The van der Waals surface area contributed by atoms with E-state index in [0.717, 1.165) is 35.0 Å². The van der Waals surface area contributed by atoms with E-state index in [1.165, 1.54) is 38.5 Å². The molecule has 0 radical (unpaired) electrons. The van der Waals surface area contributed by atoms with Crippen LogP contribution in [0.1, 0.15) is 38.5 Å². The molecule has 0 spiro atoms. The van der Waals surface area contributed by atoms with Crippen molar-refractivity contribution < 1.29 is 4.79 Å². The number of nitrogens with one attached hydrogen (secondary N) is 2. The fourth-order valence-corrected chi connectivity index (χ4v) is 6.97. The Morgan fingerprint density at radius 1 is 1.31 bits per heavy atom. The Kier molecular flexibility index (Phi) is 4.05. The van der Waals surface area contributed by atoms with Crippen LogP contribution >= 0.6 is 23.6 Å². The van der Waals surface area contributed by atoms with Crippen molar-refractivity contribution in [1.82, 2.24) is 20.1 Å². The van der Waals surface area contributed by atoms with Crippen molar-refractivity contribution in [2.45, 2.75) is 45.1 Å². The molecule has 2 aromatic heterocycles. The van der Waals surface area contributed by atoms with Gasteiger partial charge in [0.25, 0.3) is 0 Å². The van der Waals surface area contributed by atoms with Crippen LogP contribution in [0.2, 0.25) is 0 Å². The highest BCUT2D eigenvalue weighted by Crippen LogP contribution is 2.59. The predicted octanol–water partition coefficient (Wildman–Crippen LogP) is 4.00. The molecule has 5 nitrogen and oxygen atoms in total. The summed E-state index contributed by atoms with van der Waals surface area (Å²) in [5, 5.41) is 12.4. The minimum absolute atomic E-state index is 0.0380. The summed E-state index contributed by atoms with van der Waals surface area (Å²) in [5.41, 5.74) is 0.360. The van der Waals surface area contributed by atoms with Gasteiger partial charge in [0.05, 0.1) is 4.88 Å². The smallest absolute Gasteiger partial charge is 0.240 e. The van der Waals surface area contributed by atoms with E-state index in [0.29, 0.717) is 10.2 Å². The molecule has 4 bridgehead atoms. The molecule has 0 atom stereocenters. The average Bonchev–Trinajstić information content (AvgIpc) is 3.23. The molecule has 0 aliphatic heterocycles. The number of aromatic nitrogens is 3. The lowest BCUT2D eigenvalue weighted by molar-refractivity contribution is -0.123. The molecule has 0 aromatic carbocycles. The van der Waals surface area contributed by atoms with Gasteiger partial charge >= 0.3 is 0 Å². The fraction of sp³-hybridized carbons (Fsp3) is 0.632. The number of nitrogens with zero attached hydrogens (tertiary/aromatic N) is 2. The van der Waals surface area contributed by atoms with Gasteiger partial charge in [0, 0.05) is 6.54 Å². The number of aromatic amines is 1. The van der Waals surface area contributed by atoms with Crippen molar-refractivity contribution in [3.8, 4) is 10.7 Å². The standard InChI is InChI=1S/C19H24N4OS2/c24-16(10-23-17(21-22-18(23)25)15-2-1-3-26-15)20-11-19-7-12-4-13(8-19)6-14(5-12)9-19/h1-3,12-14H,4-11H2,(H,20,24)(H,22,25). The van der Waals surface area contributed by atoms with Crippen LogP contribution in [0.4, 0.5) is 0 Å². The molecule has 2 heterocycles. The van der Waals surface area contributed by atoms with Crippen LogP contribution in [0, 0.1) is 27.9 Å². The molecule has 4 aliphatic rings. The minimum Gasteiger partial charge on any atom is -0.354 e. The summed E-state index contributed by atoms with van der Waals surface area (Å²) in [7, 11) is 0. The molecular formula is C19H24N4OS2. The SMILES string of the molecule is O=C(Cn1c(-c2cccs2)n[nH]c1=S)NCC12CC3CC(CC(C3)C1)C2. The monoisotopic (exact) mass is 388 g/mol. The van der Waals surface area contributed by atoms with Gasteiger partial charge in [-0.25, -0.2) is 0 Å². The fourth-order valence-electron chi connectivity index (χ4n) is 6.05. The van der Waals surface area contributed by atoms with Crippen LogP contribution in [-0.2, 0) is 11.3 Å². The molecule has 6 rings (SSSR count). The molecular weight excluding hydrogens is 364 g/mol. The van der Waals surface area contributed by atoms with Gasteiger partial charge in [-0.15, -0.1) is 11.3 Å². The third kappa shape index (κ3) is 2.95. The molecule has 7 heteroatoms. The molecule has 4 fully saturated rings. The Morgan fingerprint density at radius 3 is 2.62 bits per heavy atom. The lowest BCUT2D eigenvalue weighted by Crippen LogP contribution is -2.51. The Labute approximate surface area is 162 Å². The average molecular weight is 389 g/mol. The third-order valence-corrected chi connectivity index (χ3v) is 7.80. The van der Waals surface area contributed by atoms with Gasteiger partial charge in [-0.3, -0.25) is 14.5 Å². The lowest BCUT2D eigenvalue weighted by atomic mass is 9.49. The summed E-state index contributed by atoms with van der Waals surface area (Å²) < 4.78 is 2.30. The Morgan fingerprint density at radius 2 is 2.00 bits per heavy atom. The van der Waals surface area contributed by atoms with E-state index in [2.05, 4.69) is 15.5 Å². The van der Waals surface area contributed by atoms with Crippen LogP contribution in [0.5, 0.6) is 0 Å². The molecule has 2 N–H and O–H groups in total.